The average molecular weight is 482 g/mol. The van der Waals surface area contributed by atoms with Gasteiger partial charge in [0.05, 0.1) is 23.2 Å². The second kappa shape index (κ2) is 9.52. The molecule has 0 spiro atoms. The predicted molar refractivity (Wildman–Crippen MR) is 127 cm³/mol. The van der Waals surface area contributed by atoms with Gasteiger partial charge < -0.3 is 19.7 Å². The molecule has 2 aromatic heterocycles. The third-order valence-electron chi connectivity index (χ3n) is 5.55. The highest BCUT2D eigenvalue weighted by Crippen LogP contribution is 2.29. The topological polar surface area (TPSA) is 93.5 Å². The molecule has 0 unspecified atom stereocenters. The van der Waals surface area contributed by atoms with Crippen molar-refractivity contribution >= 4 is 28.4 Å². The Hall–Kier alpha value is -3.91. The molecule has 1 amide bonds. The SMILES string of the molecule is COc1cc(CNC(=O)c2ccc3c(c2)c(O)c(Cc2ccc(F)c(Cl)c2)c(=O)n3C)ccn1. The fraction of sp³-hybridized carbons (Fsp3) is 0.160. The Kier molecular flexibility index (Phi) is 6.51. The van der Waals surface area contributed by atoms with Crippen LogP contribution in [0, 0.1) is 5.82 Å². The fourth-order valence-corrected chi connectivity index (χ4v) is 3.91. The summed E-state index contributed by atoms with van der Waals surface area (Å²) in [6.07, 6.45) is 1.64. The first-order chi connectivity index (χ1) is 16.3. The molecule has 0 aliphatic heterocycles. The first kappa shape index (κ1) is 23.3. The van der Waals surface area contributed by atoms with Crippen LogP contribution >= 0.6 is 11.6 Å². The minimum atomic E-state index is -0.568. The quantitative estimate of drug-likeness (QED) is 0.435. The molecule has 4 aromatic rings. The summed E-state index contributed by atoms with van der Waals surface area (Å²) in [6, 6.07) is 12.3. The van der Waals surface area contributed by atoms with Gasteiger partial charge in [-0.3, -0.25) is 9.59 Å². The second-order valence-corrected chi connectivity index (χ2v) is 8.14. The van der Waals surface area contributed by atoms with E-state index in [4.69, 9.17) is 16.3 Å². The minimum absolute atomic E-state index is 0.0503. The Bertz CT molecular complexity index is 1470. The molecule has 0 aliphatic carbocycles. The van der Waals surface area contributed by atoms with Gasteiger partial charge in [0.2, 0.25) is 5.88 Å². The van der Waals surface area contributed by atoms with Crippen LogP contribution in [0.2, 0.25) is 5.02 Å². The van der Waals surface area contributed by atoms with Crippen LogP contribution in [0.15, 0.2) is 59.5 Å². The summed E-state index contributed by atoms with van der Waals surface area (Å²) in [4.78, 5) is 29.7. The number of halogens is 2. The zero-order valence-corrected chi connectivity index (χ0v) is 19.2. The number of rotatable bonds is 6. The van der Waals surface area contributed by atoms with Crippen molar-refractivity contribution in [1.82, 2.24) is 14.9 Å². The lowest BCUT2D eigenvalue weighted by Crippen LogP contribution is -2.24. The van der Waals surface area contributed by atoms with E-state index in [2.05, 4.69) is 10.3 Å². The van der Waals surface area contributed by atoms with Crippen LogP contribution in [0.4, 0.5) is 4.39 Å². The van der Waals surface area contributed by atoms with Crippen molar-refractivity contribution in [2.45, 2.75) is 13.0 Å². The molecule has 0 saturated heterocycles. The summed E-state index contributed by atoms with van der Waals surface area (Å²) >= 11 is 5.86. The molecule has 0 radical (unpaired) electrons. The highest BCUT2D eigenvalue weighted by Gasteiger charge is 2.17. The van der Waals surface area contributed by atoms with Gasteiger partial charge in [0.25, 0.3) is 11.5 Å². The number of ether oxygens (including phenoxy) is 1. The summed E-state index contributed by atoms with van der Waals surface area (Å²) in [5, 5.41) is 14.0. The number of aromatic hydroxyl groups is 1. The number of nitrogens with zero attached hydrogens (tertiary/aromatic N) is 2. The lowest BCUT2D eigenvalue weighted by molar-refractivity contribution is 0.0951. The molecule has 0 saturated carbocycles. The van der Waals surface area contributed by atoms with Gasteiger partial charge in [0.1, 0.15) is 11.6 Å². The normalized spacial score (nSPS) is 10.9. The van der Waals surface area contributed by atoms with E-state index in [1.165, 1.54) is 35.9 Å². The van der Waals surface area contributed by atoms with Crippen molar-refractivity contribution in [3.05, 3.63) is 98.2 Å². The molecule has 2 N–H and O–H groups in total. The number of hydrogen-bond acceptors (Lipinski definition) is 5. The van der Waals surface area contributed by atoms with E-state index in [1.54, 1.807) is 37.5 Å². The maximum absolute atomic E-state index is 13.5. The van der Waals surface area contributed by atoms with Crippen LogP contribution in [-0.2, 0) is 20.0 Å². The number of nitrogens with one attached hydrogen (secondary N) is 1. The van der Waals surface area contributed by atoms with E-state index < -0.39 is 11.4 Å². The van der Waals surface area contributed by atoms with Crippen LogP contribution in [0.5, 0.6) is 11.6 Å². The van der Waals surface area contributed by atoms with Crippen molar-refractivity contribution in [1.29, 1.82) is 0 Å². The zero-order chi connectivity index (χ0) is 24.4. The first-order valence-electron chi connectivity index (χ1n) is 10.3. The highest BCUT2D eigenvalue weighted by molar-refractivity contribution is 6.30. The Morgan fingerprint density at radius 2 is 1.97 bits per heavy atom. The van der Waals surface area contributed by atoms with Crippen LogP contribution in [0.1, 0.15) is 27.0 Å². The van der Waals surface area contributed by atoms with Crippen LogP contribution in [-0.4, -0.2) is 27.7 Å². The monoisotopic (exact) mass is 481 g/mol. The lowest BCUT2D eigenvalue weighted by atomic mass is 10.0. The smallest absolute Gasteiger partial charge is 0.258 e. The molecule has 9 heteroatoms. The molecule has 4 rings (SSSR count). The van der Waals surface area contributed by atoms with Crippen molar-refractivity contribution in [2.24, 2.45) is 7.05 Å². The van der Waals surface area contributed by atoms with Gasteiger partial charge in [-0.25, -0.2) is 9.37 Å². The second-order valence-electron chi connectivity index (χ2n) is 7.74. The molecule has 0 bridgehead atoms. The highest BCUT2D eigenvalue weighted by atomic mass is 35.5. The lowest BCUT2D eigenvalue weighted by Gasteiger charge is -2.13. The van der Waals surface area contributed by atoms with Gasteiger partial charge in [0.15, 0.2) is 0 Å². The van der Waals surface area contributed by atoms with Crippen molar-refractivity contribution < 1.29 is 19.0 Å². The molecule has 0 atom stereocenters. The third-order valence-corrected chi connectivity index (χ3v) is 5.84. The zero-order valence-electron chi connectivity index (χ0n) is 18.4. The van der Waals surface area contributed by atoms with Crippen LogP contribution in [0.25, 0.3) is 10.9 Å². The van der Waals surface area contributed by atoms with Gasteiger partial charge >= 0.3 is 0 Å². The Balaban J connectivity index is 1.65. The number of methoxy groups -OCH3 is 1. The molecule has 2 aromatic carbocycles. The third kappa shape index (κ3) is 4.58. The Labute approximate surface area is 199 Å². The molecule has 0 aliphatic rings. The summed E-state index contributed by atoms with van der Waals surface area (Å²) in [5.41, 5.74) is 1.90. The number of carbonyl (C=O) groups excluding carboxylic acids is 1. The molecule has 0 fully saturated rings. The number of benzene rings is 2. The van der Waals surface area contributed by atoms with E-state index >= 15 is 0 Å². The average Bonchev–Trinajstić information content (AvgIpc) is 2.85. The van der Waals surface area contributed by atoms with Crippen LogP contribution < -0.4 is 15.6 Å². The number of amides is 1. The maximum atomic E-state index is 13.5. The summed E-state index contributed by atoms with van der Waals surface area (Å²) in [5.74, 6) is -0.704. The number of pyridine rings is 2. The molecule has 34 heavy (non-hydrogen) atoms. The molecule has 7 nitrogen and oxygen atoms in total. The van der Waals surface area contributed by atoms with E-state index in [1.807, 2.05) is 0 Å². The fourth-order valence-electron chi connectivity index (χ4n) is 3.70. The standard InChI is InChI=1S/C25H21ClFN3O4/c1-30-21-6-4-16(24(32)29-13-15-7-8-28-22(11-15)34-2)12-17(21)23(31)18(25(30)33)9-14-3-5-20(27)19(26)10-14/h3-8,10-12,31H,9,13H2,1-2H3,(H,29,32). The van der Waals surface area contributed by atoms with Crippen LogP contribution in [0.3, 0.4) is 0 Å². The van der Waals surface area contributed by atoms with Gasteiger partial charge in [-0.1, -0.05) is 17.7 Å². The number of hydrogen-bond donors (Lipinski definition) is 2. The van der Waals surface area contributed by atoms with Crippen molar-refractivity contribution in [3.63, 3.8) is 0 Å². The van der Waals surface area contributed by atoms with Crippen molar-refractivity contribution in [3.8, 4) is 11.6 Å². The summed E-state index contributed by atoms with van der Waals surface area (Å²) in [6.45, 7) is 0.256. The predicted octanol–water partition coefficient (Wildman–Crippen LogP) is 3.96. The molecular weight excluding hydrogens is 461 g/mol. The van der Waals surface area contributed by atoms with Gasteiger partial charge in [-0.2, -0.15) is 0 Å². The molecular formula is C25H21ClFN3O4. The maximum Gasteiger partial charge on any atom is 0.258 e. The van der Waals surface area contributed by atoms with E-state index in [9.17, 15) is 19.1 Å². The van der Waals surface area contributed by atoms with Gasteiger partial charge in [0, 0.05) is 43.2 Å². The molecule has 174 valence electrons. The number of aryl methyl sites for hydroxylation is 1. The van der Waals surface area contributed by atoms with Gasteiger partial charge in [-0.05, 0) is 47.5 Å². The Morgan fingerprint density at radius 3 is 2.71 bits per heavy atom. The van der Waals surface area contributed by atoms with E-state index in [0.29, 0.717) is 27.9 Å². The van der Waals surface area contributed by atoms with E-state index in [0.717, 1.165) is 5.56 Å². The number of carbonyl (C=O) groups is 1. The Morgan fingerprint density at radius 1 is 1.18 bits per heavy atom. The number of aromatic nitrogens is 2. The molecule has 2 heterocycles. The summed E-state index contributed by atoms with van der Waals surface area (Å²) < 4.78 is 20.0. The summed E-state index contributed by atoms with van der Waals surface area (Å²) in [7, 11) is 3.10. The number of fused-ring (bicyclic) bond motifs is 1. The largest absolute Gasteiger partial charge is 0.507 e. The first-order valence-corrected chi connectivity index (χ1v) is 10.7. The minimum Gasteiger partial charge on any atom is -0.507 e. The van der Waals surface area contributed by atoms with Gasteiger partial charge in [-0.15, -0.1) is 0 Å². The van der Waals surface area contributed by atoms with E-state index in [-0.39, 0.29) is 35.2 Å². The van der Waals surface area contributed by atoms with Crippen molar-refractivity contribution in [2.75, 3.05) is 7.11 Å².